The molecule has 0 aliphatic carbocycles. The fourth-order valence-corrected chi connectivity index (χ4v) is 3.93. The lowest BCUT2D eigenvalue weighted by Crippen LogP contribution is -2.32. The number of nitrogens with zero attached hydrogens (tertiary/aromatic N) is 1. The van der Waals surface area contributed by atoms with Gasteiger partial charge in [-0.15, -0.1) is 0 Å². The molecule has 1 unspecified atom stereocenters. The van der Waals surface area contributed by atoms with E-state index in [2.05, 4.69) is 17.0 Å². The Morgan fingerprint density at radius 1 is 1.31 bits per heavy atom. The molecule has 1 aromatic carbocycles. The summed E-state index contributed by atoms with van der Waals surface area (Å²) in [5.41, 5.74) is 1.23. The highest BCUT2D eigenvalue weighted by atomic mass is 32.2. The fourth-order valence-electron chi connectivity index (χ4n) is 2.12. The van der Waals surface area contributed by atoms with Gasteiger partial charge in [-0.1, -0.05) is 30.3 Å². The van der Waals surface area contributed by atoms with Crippen LogP contribution in [0.15, 0.2) is 30.3 Å². The maximum absolute atomic E-state index is 11.4. The number of sulfone groups is 1. The van der Waals surface area contributed by atoms with E-state index in [1.165, 1.54) is 5.56 Å². The largest absolute Gasteiger partial charge is 0.298 e. The molecule has 0 aromatic heterocycles. The second kappa shape index (κ2) is 4.55. The Labute approximate surface area is 97.0 Å². The minimum absolute atomic E-state index is 0.185. The molecule has 88 valence electrons. The van der Waals surface area contributed by atoms with E-state index in [1.54, 1.807) is 0 Å². The quantitative estimate of drug-likeness (QED) is 0.798. The molecule has 16 heavy (non-hydrogen) atoms. The van der Waals surface area contributed by atoms with E-state index in [9.17, 15) is 8.42 Å². The molecule has 0 bridgehead atoms. The van der Waals surface area contributed by atoms with Gasteiger partial charge in [0.05, 0.1) is 11.5 Å². The third kappa shape index (κ3) is 2.83. The van der Waals surface area contributed by atoms with Crippen LogP contribution in [0.3, 0.4) is 0 Å². The Hall–Kier alpha value is -0.870. The molecule has 1 fully saturated rings. The van der Waals surface area contributed by atoms with E-state index in [0.29, 0.717) is 11.5 Å². The summed E-state index contributed by atoms with van der Waals surface area (Å²) in [6.07, 6.45) is 0.770. The second-order valence-corrected chi connectivity index (χ2v) is 6.69. The van der Waals surface area contributed by atoms with Crippen LogP contribution < -0.4 is 0 Å². The molecule has 1 atom stereocenters. The first-order chi connectivity index (χ1) is 7.57. The lowest BCUT2D eigenvalue weighted by molar-refractivity contribution is 0.254. The van der Waals surface area contributed by atoms with E-state index < -0.39 is 9.84 Å². The second-order valence-electron chi connectivity index (χ2n) is 4.46. The molecule has 0 amide bonds. The molecule has 1 saturated heterocycles. The summed E-state index contributed by atoms with van der Waals surface area (Å²) in [6.45, 7) is 0.820. The van der Waals surface area contributed by atoms with Crippen molar-refractivity contribution in [3.63, 3.8) is 0 Å². The summed E-state index contributed by atoms with van der Waals surface area (Å²) in [4.78, 5) is 2.14. The number of hydrogen-bond acceptors (Lipinski definition) is 3. The van der Waals surface area contributed by atoms with Gasteiger partial charge in [-0.3, -0.25) is 4.90 Å². The average molecular weight is 239 g/mol. The first-order valence-corrected chi connectivity index (χ1v) is 7.33. The molecule has 1 aliphatic rings. The SMILES string of the molecule is CN(Cc1ccccc1)C1CCS(=O)(=O)C1. The van der Waals surface area contributed by atoms with Gasteiger partial charge in [0.25, 0.3) is 0 Å². The van der Waals surface area contributed by atoms with Gasteiger partial charge in [0.15, 0.2) is 9.84 Å². The highest BCUT2D eigenvalue weighted by Crippen LogP contribution is 2.18. The summed E-state index contributed by atoms with van der Waals surface area (Å²) in [5, 5.41) is 0. The Morgan fingerprint density at radius 2 is 2.00 bits per heavy atom. The standard InChI is InChI=1S/C12H17NO2S/c1-13(9-11-5-3-2-4-6-11)12-7-8-16(14,15)10-12/h2-6,12H,7-10H2,1H3. The molecular weight excluding hydrogens is 222 g/mol. The van der Waals surface area contributed by atoms with Crippen LogP contribution in [0.5, 0.6) is 0 Å². The lowest BCUT2D eigenvalue weighted by atomic mass is 10.2. The minimum atomic E-state index is -2.77. The van der Waals surface area contributed by atoms with Crippen LogP contribution in [0.4, 0.5) is 0 Å². The van der Waals surface area contributed by atoms with Gasteiger partial charge in [-0.2, -0.15) is 0 Å². The van der Waals surface area contributed by atoms with Crippen molar-refractivity contribution in [2.75, 3.05) is 18.6 Å². The maximum Gasteiger partial charge on any atom is 0.151 e. The van der Waals surface area contributed by atoms with Crippen molar-refractivity contribution in [1.82, 2.24) is 4.90 Å². The molecule has 1 heterocycles. The summed E-state index contributed by atoms with van der Waals surface area (Å²) < 4.78 is 22.7. The van der Waals surface area contributed by atoms with Crippen LogP contribution >= 0.6 is 0 Å². The molecule has 0 saturated carbocycles. The Bertz CT molecular complexity index is 441. The van der Waals surface area contributed by atoms with Crippen LogP contribution in [0, 0.1) is 0 Å². The van der Waals surface area contributed by atoms with Crippen LogP contribution in [0.1, 0.15) is 12.0 Å². The molecular formula is C12H17NO2S. The van der Waals surface area contributed by atoms with Crippen molar-refractivity contribution in [3.8, 4) is 0 Å². The van der Waals surface area contributed by atoms with Gasteiger partial charge in [0.1, 0.15) is 0 Å². The summed E-state index contributed by atoms with van der Waals surface area (Å²) >= 11 is 0. The lowest BCUT2D eigenvalue weighted by Gasteiger charge is -2.22. The first kappa shape index (κ1) is 11.6. The smallest absolute Gasteiger partial charge is 0.151 e. The van der Waals surface area contributed by atoms with Crippen molar-refractivity contribution < 1.29 is 8.42 Å². The monoisotopic (exact) mass is 239 g/mol. The zero-order chi connectivity index (χ0) is 11.6. The normalized spacial score (nSPS) is 23.8. The van der Waals surface area contributed by atoms with Gasteiger partial charge >= 0.3 is 0 Å². The van der Waals surface area contributed by atoms with Crippen molar-refractivity contribution in [3.05, 3.63) is 35.9 Å². The predicted octanol–water partition coefficient (Wildman–Crippen LogP) is 1.31. The van der Waals surface area contributed by atoms with Gasteiger partial charge in [-0.05, 0) is 19.0 Å². The highest BCUT2D eigenvalue weighted by Gasteiger charge is 2.30. The zero-order valence-electron chi connectivity index (χ0n) is 9.46. The third-order valence-corrected chi connectivity index (χ3v) is 4.86. The first-order valence-electron chi connectivity index (χ1n) is 5.51. The number of benzene rings is 1. The Balaban J connectivity index is 1.97. The Kier molecular flexibility index (Phi) is 3.30. The molecule has 3 nitrogen and oxygen atoms in total. The highest BCUT2D eigenvalue weighted by molar-refractivity contribution is 7.91. The Morgan fingerprint density at radius 3 is 2.56 bits per heavy atom. The zero-order valence-corrected chi connectivity index (χ0v) is 10.3. The fraction of sp³-hybridized carbons (Fsp3) is 0.500. The summed E-state index contributed by atoms with van der Waals surface area (Å²) in [6, 6.07) is 10.3. The molecule has 2 rings (SSSR count). The van der Waals surface area contributed by atoms with E-state index in [0.717, 1.165) is 13.0 Å². The maximum atomic E-state index is 11.4. The van der Waals surface area contributed by atoms with E-state index in [4.69, 9.17) is 0 Å². The van der Waals surface area contributed by atoms with Crippen LogP contribution in [-0.2, 0) is 16.4 Å². The topological polar surface area (TPSA) is 37.4 Å². The number of hydrogen-bond donors (Lipinski definition) is 0. The minimum Gasteiger partial charge on any atom is -0.298 e. The summed E-state index contributed by atoms with van der Waals surface area (Å²) in [5.74, 6) is 0.660. The van der Waals surface area contributed by atoms with Gasteiger partial charge in [0.2, 0.25) is 0 Å². The van der Waals surface area contributed by atoms with E-state index in [1.807, 2.05) is 25.2 Å². The average Bonchev–Trinajstić information content (AvgIpc) is 2.60. The number of rotatable bonds is 3. The van der Waals surface area contributed by atoms with E-state index >= 15 is 0 Å². The predicted molar refractivity (Wildman–Crippen MR) is 65.0 cm³/mol. The van der Waals surface area contributed by atoms with Gasteiger partial charge in [0, 0.05) is 12.6 Å². The van der Waals surface area contributed by atoms with Crippen LogP contribution in [-0.4, -0.2) is 37.9 Å². The van der Waals surface area contributed by atoms with Crippen molar-refractivity contribution in [2.45, 2.75) is 19.0 Å². The van der Waals surface area contributed by atoms with Crippen LogP contribution in [0.2, 0.25) is 0 Å². The molecule has 1 aromatic rings. The van der Waals surface area contributed by atoms with Crippen molar-refractivity contribution >= 4 is 9.84 Å². The van der Waals surface area contributed by atoms with Gasteiger partial charge in [-0.25, -0.2) is 8.42 Å². The van der Waals surface area contributed by atoms with Crippen LogP contribution in [0.25, 0.3) is 0 Å². The molecule has 0 N–H and O–H groups in total. The van der Waals surface area contributed by atoms with Crippen molar-refractivity contribution in [2.24, 2.45) is 0 Å². The van der Waals surface area contributed by atoms with Gasteiger partial charge < -0.3 is 0 Å². The third-order valence-electron chi connectivity index (χ3n) is 3.11. The summed E-state index contributed by atoms with van der Waals surface area (Å²) in [7, 11) is -0.776. The molecule has 1 aliphatic heterocycles. The van der Waals surface area contributed by atoms with Crippen molar-refractivity contribution in [1.29, 1.82) is 0 Å². The van der Waals surface area contributed by atoms with E-state index in [-0.39, 0.29) is 6.04 Å². The molecule has 0 spiro atoms. The molecule has 4 heteroatoms. The molecule has 0 radical (unpaired) electrons.